The molecule has 1 fully saturated rings. The molecule has 9 heavy (non-hydrogen) atoms. The molecule has 0 amide bonds. The van der Waals surface area contributed by atoms with E-state index in [1.165, 1.54) is 12.8 Å². The Bertz CT molecular complexity index is 90.6. The molecule has 0 saturated carbocycles. The molecule has 1 aliphatic heterocycles. The van der Waals surface area contributed by atoms with Gasteiger partial charge in [-0.05, 0) is 19.3 Å². The Labute approximate surface area is 57.4 Å². The predicted octanol–water partition coefficient (Wildman–Crippen LogP) is 2.21. The van der Waals surface area contributed by atoms with Gasteiger partial charge in [0.1, 0.15) is 0 Å². The van der Waals surface area contributed by atoms with Crippen LogP contribution < -0.4 is 0 Å². The second-order valence-electron chi connectivity index (χ2n) is 3.07. The van der Waals surface area contributed by atoms with Gasteiger partial charge in [0.25, 0.3) is 0 Å². The molecule has 0 aromatic heterocycles. The maximum absolute atomic E-state index is 5.33. The van der Waals surface area contributed by atoms with Gasteiger partial charge in [0.05, 0.1) is 12.2 Å². The topological polar surface area (TPSA) is 12.5 Å². The second-order valence-corrected chi connectivity index (χ2v) is 3.07. The van der Waals surface area contributed by atoms with Gasteiger partial charge in [-0.2, -0.15) is 0 Å². The van der Waals surface area contributed by atoms with E-state index in [1.54, 1.807) is 0 Å². The molecule has 1 heterocycles. The summed E-state index contributed by atoms with van der Waals surface area (Å²) in [5.74, 6) is 0.782. The number of ether oxygens (including phenoxy) is 1. The van der Waals surface area contributed by atoms with Crippen molar-refractivity contribution in [3.8, 4) is 0 Å². The molecule has 0 N–H and O–H groups in total. The van der Waals surface area contributed by atoms with Gasteiger partial charge in [-0.15, -0.1) is 0 Å². The number of hydrogen-bond donors (Lipinski definition) is 0. The normalized spacial score (nSPS) is 36.3. The van der Waals surface area contributed by atoms with Crippen LogP contribution in [-0.2, 0) is 4.74 Å². The van der Waals surface area contributed by atoms with Crippen molar-refractivity contribution < 1.29 is 4.74 Å². The fourth-order valence-corrected chi connectivity index (χ4v) is 1.42. The van der Waals surface area contributed by atoms with Gasteiger partial charge in [0.15, 0.2) is 0 Å². The highest BCUT2D eigenvalue weighted by atomic mass is 16.6. The fraction of sp³-hybridized carbons (Fsp3) is 1.00. The molecule has 2 unspecified atom stereocenters. The first-order valence-electron chi connectivity index (χ1n) is 3.91. The highest BCUT2D eigenvalue weighted by Crippen LogP contribution is 2.30. The molecule has 1 nitrogen and oxygen atoms in total. The summed E-state index contributed by atoms with van der Waals surface area (Å²) in [5, 5.41) is 0. The maximum Gasteiger partial charge on any atom is 0.0864 e. The largest absolute Gasteiger partial charge is 0.370 e. The Hall–Kier alpha value is -0.0400. The minimum atomic E-state index is 0.548. The number of rotatable bonds is 3. The van der Waals surface area contributed by atoms with Crippen molar-refractivity contribution in [1.82, 2.24) is 0 Å². The number of epoxide rings is 1. The van der Waals surface area contributed by atoms with E-state index in [1.807, 2.05) is 0 Å². The van der Waals surface area contributed by atoms with Crippen molar-refractivity contribution in [2.75, 3.05) is 0 Å². The lowest BCUT2D eigenvalue weighted by Crippen LogP contribution is -2.04. The monoisotopic (exact) mass is 128 g/mol. The van der Waals surface area contributed by atoms with Gasteiger partial charge in [0, 0.05) is 0 Å². The Morgan fingerprint density at radius 1 is 1.56 bits per heavy atom. The minimum absolute atomic E-state index is 0.548. The van der Waals surface area contributed by atoms with E-state index in [0.29, 0.717) is 12.2 Å². The Balaban J connectivity index is 2.11. The highest BCUT2D eigenvalue weighted by molar-refractivity contribution is 4.84. The van der Waals surface area contributed by atoms with Crippen molar-refractivity contribution in [2.45, 2.75) is 45.8 Å². The molecule has 1 saturated heterocycles. The van der Waals surface area contributed by atoms with E-state index < -0.39 is 0 Å². The summed E-state index contributed by atoms with van der Waals surface area (Å²) in [6, 6.07) is 0. The van der Waals surface area contributed by atoms with Gasteiger partial charge in [-0.1, -0.05) is 20.3 Å². The predicted molar refractivity (Wildman–Crippen MR) is 38.4 cm³/mol. The van der Waals surface area contributed by atoms with Crippen LogP contribution >= 0.6 is 0 Å². The van der Waals surface area contributed by atoms with E-state index in [2.05, 4.69) is 20.8 Å². The second kappa shape index (κ2) is 2.70. The molecule has 0 aromatic rings. The van der Waals surface area contributed by atoms with Crippen LogP contribution in [0.2, 0.25) is 0 Å². The maximum atomic E-state index is 5.33. The van der Waals surface area contributed by atoms with Crippen LogP contribution in [0.15, 0.2) is 0 Å². The Morgan fingerprint density at radius 3 is 2.44 bits per heavy atom. The zero-order chi connectivity index (χ0) is 6.85. The van der Waals surface area contributed by atoms with E-state index in [4.69, 9.17) is 4.74 Å². The molecule has 0 spiro atoms. The Kier molecular flexibility index (Phi) is 2.12. The third-order valence-electron chi connectivity index (χ3n) is 2.06. The van der Waals surface area contributed by atoms with Crippen LogP contribution in [0.4, 0.5) is 0 Å². The first-order chi connectivity index (χ1) is 4.25. The van der Waals surface area contributed by atoms with Crippen LogP contribution in [-0.4, -0.2) is 12.2 Å². The molecule has 0 bridgehead atoms. The van der Waals surface area contributed by atoms with E-state index in [0.717, 1.165) is 5.92 Å². The summed E-state index contributed by atoms with van der Waals surface area (Å²) in [7, 11) is 0. The highest BCUT2D eigenvalue weighted by Gasteiger charge is 2.37. The lowest BCUT2D eigenvalue weighted by atomic mass is 10.0. The summed E-state index contributed by atoms with van der Waals surface area (Å²) in [5.41, 5.74) is 0. The van der Waals surface area contributed by atoms with Crippen molar-refractivity contribution >= 4 is 0 Å². The molecule has 1 rings (SSSR count). The van der Waals surface area contributed by atoms with Gasteiger partial charge >= 0.3 is 0 Å². The average Bonchev–Trinajstić information content (AvgIpc) is 2.47. The lowest BCUT2D eigenvalue weighted by Gasteiger charge is -2.03. The summed E-state index contributed by atoms with van der Waals surface area (Å²) in [6.07, 6.45) is 3.74. The summed E-state index contributed by atoms with van der Waals surface area (Å²) >= 11 is 0. The van der Waals surface area contributed by atoms with Crippen LogP contribution in [0.25, 0.3) is 0 Å². The van der Waals surface area contributed by atoms with Gasteiger partial charge in [-0.3, -0.25) is 0 Å². The zero-order valence-corrected chi connectivity index (χ0v) is 6.55. The zero-order valence-electron chi connectivity index (χ0n) is 6.55. The summed E-state index contributed by atoms with van der Waals surface area (Å²) in [6.45, 7) is 6.65. The van der Waals surface area contributed by atoms with Crippen LogP contribution in [0.5, 0.6) is 0 Å². The smallest absolute Gasteiger partial charge is 0.0864 e. The van der Waals surface area contributed by atoms with Crippen molar-refractivity contribution in [2.24, 2.45) is 5.92 Å². The van der Waals surface area contributed by atoms with Crippen molar-refractivity contribution in [3.05, 3.63) is 0 Å². The van der Waals surface area contributed by atoms with Crippen LogP contribution in [0.1, 0.15) is 33.6 Å². The van der Waals surface area contributed by atoms with E-state index >= 15 is 0 Å². The quantitative estimate of drug-likeness (QED) is 0.531. The van der Waals surface area contributed by atoms with Crippen LogP contribution in [0, 0.1) is 5.92 Å². The first-order valence-corrected chi connectivity index (χ1v) is 3.91. The SMILES string of the molecule is CCCC(C)[C@@H]1OC1C. The van der Waals surface area contributed by atoms with E-state index in [-0.39, 0.29) is 0 Å². The Morgan fingerprint density at radius 2 is 2.11 bits per heavy atom. The fourth-order valence-electron chi connectivity index (χ4n) is 1.42. The number of hydrogen-bond acceptors (Lipinski definition) is 1. The molecule has 54 valence electrons. The standard InChI is InChI=1S/C8H16O/c1-4-5-6(2)8-7(3)9-8/h6-8H,4-5H2,1-3H3/t6?,7?,8-/m0/s1. The molecule has 1 heteroatoms. The lowest BCUT2D eigenvalue weighted by molar-refractivity contribution is 0.319. The molecular weight excluding hydrogens is 112 g/mol. The van der Waals surface area contributed by atoms with Crippen LogP contribution in [0.3, 0.4) is 0 Å². The third-order valence-corrected chi connectivity index (χ3v) is 2.06. The summed E-state index contributed by atoms with van der Waals surface area (Å²) in [4.78, 5) is 0. The molecule has 0 aromatic carbocycles. The van der Waals surface area contributed by atoms with Crippen molar-refractivity contribution in [1.29, 1.82) is 0 Å². The third kappa shape index (κ3) is 1.68. The van der Waals surface area contributed by atoms with E-state index in [9.17, 15) is 0 Å². The molecule has 0 radical (unpaired) electrons. The van der Waals surface area contributed by atoms with Gasteiger partial charge < -0.3 is 4.74 Å². The van der Waals surface area contributed by atoms with Crippen molar-refractivity contribution in [3.63, 3.8) is 0 Å². The molecule has 3 atom stereocenters. The molecule has 0 aliphatic carbocycles. The molecule has 1 aliphatic rings. The van der Waals surface area contributed by atoms with Gasteiger partial charge in [-0.25, -0.2) is 0 Å². The minimum Gasteiger partial charge on any atom is -0.370 e. The molecular formula is C8H16O. The van der Waals surface area contributed by atoms with Gasteiger partial charge in [0.2, 0.25) is 0 Å². The average molecular weight is 128 g/mol. The first kappa shape index (κ1) is 7.07. The summed E-state index contributed by atoms with van der Waals surface area (Å²) < 4.78 is 5.33.